The number of carbonyl (C=O) groups excluding carboxylic acids is 2. The lowest BCUT2D eigenvalue weighted by molar-refractivity contribution is -0.138. The van der Waals surface area contributed by atoms with E-state index in [2.05, 4.69) is 20.1 Å². The first-order chi connectivity index (χ1) is 10.5. The van der Waals surface area contributed by atoms with Gasteiger partial charge in [0.2, 0.25) is 5.76 Å². The Bertz CT molecular complexity index is 629. The Morgan fingerprint density at radius 3 is 2.68 bits per heavy atom. The van der Waals surface area contributed by atoms with Crippen LogP contribution in [-0.4, -0.2) is 32.8 Å². The van der Waals surface area contributed by atoms with Gasteiger partial charge >= 0.3 is 11.9 Å². The molecule has 0 spiro atoms. The predicted octanol–water partition coefficient (Wildman–Crippen LogP) is 1.66. The summed E-state index contributed by atoms with van der Waals surface area (Å²) in [6, 6.07) is 3.61. The molecule has 7 heteroatoms. The van der Waals surface area contributed by atoms with Crippen LogP contribution in [-0.2, 0) is 19.0 Å². The van der Waals surface area contributed by atoms with Crippen LogP contribution >= 0.6 is 0 Å². The first kappa shape index (κ1) is 17.0. The summed E-state index contributed by atoms with van der Waals surface area (Å²) in [5.41, 5.74) is -0.497. The van der Waals surface area contributed by atoms with Crippen LogP contribution in [0.5, 0.6) is 5.75 Å². The van der Waals surface area contributed by atoms with Crippen molar-refractivity contribution in [3.05, 3.63) is 41.6 Å². The van der Waals surface area contributed by atoms with Crippen molar-refractivity contribution in [2.24, 2.45) is 0 Å². The highest BCUT2D eigenvalue weighted by Crippen LogP contribution is 2.24. The first-order valence-corrected chi connectivity index (χ1v) is 5.93. The number of methoxy groups -OCH3 is 2. The Labute approximate surface area is 126 Å². The molecule has 0 unspecified atom stereocenters. The van der Waals surface area contributed by atoms with Crippen molar-refractivity contribution in [3.8, 4) is 18.1 Å². The molecule has 0 amide bonds. The summed E-state index contributed by atoms with van der Waals surface area (Å²) < 4.78 is 32.9. The van der Waals surface area contributed by atoms with Gasteiger partial charge in [-0.15, -0.1) is 6.42 Å². The molecule has 0 aromatic heterocycles. The fourth-order valence-electron chi connectivity index (χ4n) is 1.41. The normalized spacial score (nSPS) is 10.4. The fourth-order valence-corrected chi connectivity index (χ4v) is 1.41. The molecule has 0 bridgehead atoms. The number of halogens is 1. The Morgan fingerprint density at radius 2 is 2.09 bits per heavy atom. The third-order valence-electron chi connectivity index (χ3n) is 2.30. The quantitative estimate of drug-likeness (QED) is 0.344. The van der Waals surface area contributed by atoms with Gasteiger partial charge in [0.15, 0.2) is 6.61 Å². The minimum Gasteiger partial charge on any atom is -0.500 e. The van der Waals surface area contributed by atoms with Crippen LogP contribution in [0, 0.1) is 18.2 Å². The van der Waals surface area contributed by atoms with Crippen LogP contribution in [0.25, 0.3) is 0 Å². The highest BCUT2D eigenvalue weighted by atomic mass is 19.1. The minimum absolute atomic E-state index is 0.240. The van der Waals surface area contributed by atoms with Gasteiger partial charge in [-0.25, -0.2) is 14.0 Å². The average molecular weight is 308 g/mol. The van der Waals surface area contributed by atoms with Crippen molar-refractivity contribution < 1.29 is 32.9 Å². The van der Waals surface area contributed by atoms with Crippen molar-refractivity contribution in [1.29, 1.82) is 0 Å². The van der Waals surface area contributed by atoms with E-state index in [0.29, 0.717) is 0 Å². The third-order valence-corrected chi connectivity index (χ3v) is 2.30. The molecular formula is C15H13FO6. The number of terminal acetylenes is 1. The zero-order valence-electron chi connectivity index (χ0n) is 11.9. The van der Waals surface area contributed by atoms with E-state index in [1.807, 2.05) is 0 Å². The van der Waals surface area contributed by atoms with E-state index in [9.17, 15) is 14.0 Å². The topological polar surface area (TPSA) is 71.1 Å². The molecule has 0 atom stereocenters. The second-order valence-electron chi connectivity index (χ2n) is 3.70. The lowest BCUT2D eigenvalue weighted by Gasteiger charge is -2.12. The number of rotatable bonds is 6. The van der Waals surface area contributed by atoms with Crippen molar-refractivity contribution in [2.75, 3.05) is 20.8 Å². The van der Waals surface area contributed by atoms with Gasteiger partial charge in [-0.3, -0.25) is 0 Å². The summed E-state index contributed by atoms with van der Waals surface area (Å²) in [4.78, 5) is 23.3. The molecule has 0 saturated heterocycles. The maximum absolute atomic E-state index is 13.8. The van der Waals surface area contributed by atoms with Gasteiger partial charge < -0.3 is 18.9 Å². The van der Waals surface area contributed by atoms with Crippen LogP contribution in [0.15, 0.2) is 30.2 Å². The van der Waals surface area contributed by atoms with E-state index in [0.717, 1.165) is 19.4 Å². The van der Waals surface area contributed by atoms with Gasteiger partial charge in [0.05, 0.1) is 14.2 Å². The van der Waals surface area contributed by atoms with Crippen molar-refractivity contribution in [3.63, 3.8) is 0 Å². The van der Waals surface area contributed by atoms with Gasteiger partial charge in [-0.05, 0) is 12.1 Å². The number of esters is 2. The molecule has 0 saturated carbocycles. The van der Waals surface area contributed by atoms with Crippen molar-refractivity contribution >= 4 is 11.9 Å². The molecule has 6 nitrogen and oxygen atoms in total. The van der Waals surface area contributed by atoms with Gasteiger partial charge in [-0.2, -0.15) is 0 Å². The van der Waals surface area contributed by atoms with E-state index in [1.54, 1.807) is 0 Å². The zero-order chi connectivity index (χ0) is 16.5. The molecule has 1 rings (SSSR count). The van der Waals surface area contributed by atoms with Crippen LogP contribution < -0.4 is 4.74 Å². The average Bonchev–Trinajstić information content (AvgIpc) is 2.51. The standard InChI is InChI=1S/C15H13FO6/c1-4-8-21-15(18)13-10(16)6-5-7-11(13)22-12(9-19-2)14(17)20-3/h1,5-7,9H,8H2,2-3H3/b12-9+. The monoisotopic (exact) mass is 308 g/mol. The molecule has 0 fully saturated rings. The lowest BCUT2D eigenvalue weighted by atomic mass is 10.2. The summed E-state index contributed by atoms with van der Waals surface area (Å²) in [6.07, 6.45) is 5.92. The molecule has 1 aromatic carbocycles. The summed E-state index contributed by atoms with van der Waals surface area (Å²) >= 11 is 0. The van der Waals surface area contributed by atoms with Gasteiger partial charge in [0.25, 0.3) is 0 Å². The molecule has 0 aliphatic rings. The molecule has 1 aromatic rings. The fraction of sp³-hybridized carbons (Fsp3) is 0.200. The van der Waals surface area contributed by atoms with E-state index >= 15 is 0 Å². The predicted molar refractivity (Wildman–Crippen MR) is 73.3 cm³/mol. The summed E-state index contributed by atoms with van der Waals surface area (Å²) in [6.45, 7) is -0.329. The molecule has 116 valence electrons. The van der Waals surface area contributed by atoms with E-state index in [-0.39, 0.29) is 18.1 Å². The molecular weight excluding hydrogens is 295 g/mol. The van der Waals surface area contributed by atoms with Crippen LogP contribution in [0.1, 0.15) is 10.4 Å². The SMILES string of the molecule is C#CCOC(=O)c1c(F)cccc1O/C(=C/OC)C(=O)OC. The Morgan fingerprint density at radius 1 is 1.36 bits per heavy atom. The molecule has 0 N–H and O–H groups in total. The van der Waals surface area contributed by atoms with E-state index in [4.69, 9.17) is 11.2 Å². The Balaban J connectivity index is 3.17. The number of hydrogen-bond donors (Lipinski definition) is 0. The Hall–Kier alpha value is -3.01. The second-order valence-corrected chi connectivity index (χ2v) is 3.70. The summed E-state index contributed by atoms with van der Waals surface area (Å²) in [5.74, 6) is -1.30. The number of carbonyl (C=O) groups is 2. The van der Waals surface area contributed by atoms with E-state index in [1.165, 1.54) is 19.2 Å². The highest BCUT2D eigenvalue weighted by Gasteiger charge is 2.22. The van der Waals surface area contributed by atoms with Gasteiger partial charge in [-0.1, -0.05) is 12.0 Å². The molecule has 22 heavy (non-hydrogen) atoms. The number of ether oxygens (including phenoxy) is 4. The third kappa shape index (κ3) is 4.24. The first-order valence-electron chi connectivity index (χ1n) is 5.93. The number of hydrogen-bond acceptors (Lipinski definition) is 6. The largest absolute Gasteiger partial charge is 0.500 e. The molecule has 0 heterocycles. The summed E-state index contributed by atoms with van der Waals surface area (Å²) in [5, 5.41) is 0. The van der Waals surface area contributed by atoms with Gasteiger partial charge in [0.1, 0.15) is 23.4 Å². The summed E-state index contributed by atoms with van der Waals surface area (Å²) in [7, 11) is 2.41. The van der Waals surface area contributed by atoms with Crippen LogP contribution in [0.2, 0.25) is 0 Å². The highest BCUT2D eigenvalue weighted by molar-refractivity contribution is 5.93. The Kier molecular flexibility index (Phi) is 6.44. The lowest BCUT2D eigenvalue weighted by Crippen LogP contribution is -2.15. The van der Waals surface area contributed by atoms with Crippen molar-refractivity contribution in [2.45, 2.75) is 0 Å². The molecule has 0 aliphatic carbocycles. The van der Waals surface area contributed by atoms with E-state index < -0.39 is 23.3 Å². The number of benzene rings is 1. The molecule has 0 radical (unpaired) electrons. The zero-order valence-corrected chi connectivity index (χ0v) is 11.9. The maximum atomic E-state index is 13.8. The minimum atomic E-state index is -1.02. The van der Waals surface area contributed by atoms with Crippen LogP contribution in [0.3, 0.4) is 0 Å². The second kappa shape index (κ2) is 8.32. The van der Waals surface area contributed by atoms with Crippen LogP contribution in [0.4, 0.5) is 4.39 Å². The smallest absolute Gasteiger partial charge is 0.377 e. The van der Waals surface area contributed by atoms with Crippen molar-refractivity contribution in [1.82, 2.24) is 0 Å². The van der Waals surface area contributed by atoms with Gasteiger partial charge in [0, 0.05) is 0 Å². The molecule has 0 aliphatic heterocycles. The maximum Gasteiger partial charge on any atom is 0.377 e.